The van der Waals surface area contributed by atoms with Gasteiger partial charge in [-0.2, -0.15) is 0 Å². The molecule has 2 heterocycles. The Labute approximate surface area is 156 Å². The number of rotatable bonds is 4. The molecule has 0 bridgehead atoms. The number of hydrogen-bond donors (Lipinski definition) is 2. The molecule has 0 saturated carbocycles. The zero-order valence-corrected chi connectivity index (χ0v) is 15.3. The second-order valence-electron chi connectivity index (χ2n) is 6.14. The molecule has 2 aromatic rings. The zero-order chi connectivity index (χ0) is 18.2. The zero-order valence-electron chi connectivity index (χ0n) is 14.5. The van der Waals surface area contributed by atoms with Gasteiger partial charge in [0.05, 0.1) is 11.2 Å². The Balaban J connectivity index is 1.51. The predicted molar refractivity (Wildman–Crippen MR) is 105 cm³/mol. The van der Waals surface area contributed by atoms with Gasteiger partial charge < -0.3 is 15.5 Å². The lowest BCUT2D eigenvalue weighted by molar-refractivity contribution is -0.111. The summed E-state index contributed by atoms with van der Waals surface area (Å²) in [6.07, 6.45) is 7.62. The van der Waals surface area contributed by atoms with Crippen LogP contribution in [0.1, 0.15) is 31.4 Å². The average Bonchev–Trinajstić information content (AvgIpc) is 3.01. The van der Waals surface area contributed by atoms with E-state index in [4.69, 9.17) is 0 Å². The van der Waals surface area contributed by atoms with Crippen molar-refractivity contribution in [2.45, 2.75) is 25.7 Å². The summed E-state index contributed by atoms with van der Waals surface area (Å²) in [6, 6.07) is 7.05. The summed E-state index contributed by atoms with van der Waals surface area (Å²) in [6.45, 7) is 1.62. The molecule has 1 aliphatic heterocycles. The number of likely N-dealkylation sites (tertiary alicyclic amines) is 1. The summed E-state index contributed by atoms with van der Waals surface area (Å²) in [4.78, 5) is 30.2. The molecule has 1 aromatic carbocycles. The Bertz CT molecular complexity index is 748. The van der Waals surface area contributed by atoms with Gasteiger partial charge in [0.1, 0.15) is 0 Å². The quantitative estimate of drug-likeness (QED) is 0.792. The van der Waals surface area contributed by atoms with Crippen LogP contribution in [0.3, 0.4) is 0 Å². The first-order valence-corrected chi connectivity index (χ1v) is 9.68. The highest BCUT2D eigenvalue weighted by atomic mass is 32.1. The van der Waals surface area contributed by atoms with Crippen molar-refractivity contribution in [2.24, 2.45) is 0 Å². The highest BCUT2D eigenvalue weighted by molar-refractivity contribution is 7.07. The number of hydrogen-bond acceptors (Lipinski definition) is 4. The van der Waals surface area contributed by atoms with E-state index in [2.05, 4.69) is 15.6 Å². The number of carbonyl (C=O) groups is 2. The van der Waals surface area contributed by atoms with E-state index in [0.29, 0.717) is 5.69 Å². The van der Waals surface area contributed by atoms with Crippen molar-refractivity contribution in [1.29, 1.82) is 0 Å². The maximum absolute atomic E-state index is 12.3. The minimum Gasteiger partial charge on any atom is -0.325 e. The van der Waals surface area contributed by atoms with E-state index in [1.165, 1.54) is 30.3 Å². The van der Waals surface area contributed by atoms with Crippen molar-refractivity contribution in [3.63, 3.8) is 0 Å². The van der Waals surface area contributed by atoms with Gasteiger partial charge in [-0.25, -0.2) is 9.78 Å². The molecule has 0 radical (unpaired) electrons. The maximum atomic E-state index is 12.3. The van der Waals surface area contributed by atoms with E-state index < -0.39 is 0 Å². The number of thiazole rings is 1. The van der Waals surface area contributed by atoms with Crippen LogP contribution in [0, 0.1) is 0 Å². The number of anilines is 2. The Kier molecular flexibility index (Phi) is 6.38. The third-order valence-electron chi connectivity index (χ3n) is 4.15. The van der Waals surface area contributed by atoms with Crippen LogP contribution in [-0.4, -0.2) is 34.9 Å². The number of benzene rings is 1. The van der Waals surface area contributed by atoms with Crippen molar-refractivity contribution in [2.75, 3.05) is 23.7 Å². The molecule has 1 aromatic heterocycles. The first-order valence-electron chi connectivity index (χ1n) is 8.74. The van der Waals surface area contributed by atoms with Gasteiger partial charge in [-0.1, -0.05) is 12.8 Å². The summed E-state index contributed by atoms with van der Waals surface area (Å²) in [5, 5.41) is 7.57. The normalized spacial score (nSPS) is 14.8. The number of amides is 3. The van der Waals surface area contributed by atoms with Gasteiger partial charge in [-0.3, -0.25) is 4.79 Å². The fourth-order valence-electron chi connectivity index (χ4n) is 2.76. The third-order valence-corrected chi connectivity index (χ3v) is 4.76. The predicted octanol–water partition coefficient (Wildman–Crippen LogP) is 4.20. The van der Waals surface area contributed by atoms with Crippen LogP contribution in [-0.2, 0) is 4.79 Å². The second-order valence-corrected chi connectivity index (χ2v) is 6.86. The smallest absolute Gasteiger partial charge is 0.321 e. The van der Waals surface area contributed by atoms with Crippen molar-refractivity contribution in [3.05, 3.63) is 46.9 Å². The molecule has 136 valence electrons. The van der Waals surface area contributed by atoms with E-state index >= 15 is 0 Å². The fraction of sp³-hybridized carbons (Fsp3) is 0.316. The molecule has 0 atom stereocenters. The summed E-state index contributed by atoms with van der Waals surface area (Å²) >= 11 is 1.48. The monoisotopic (exact) mass is 370 g/mol. The van der Waals surface area contributed by atoms with E-state index in [1.54, 1.807) is 35.9 Å². The molecule has 2 N–H and O–H groups in total. The topological polar surface area (TPSA) is 74.3 Å². The lowest BCUT2D eigenvalue weighted by Crippen LogP contribution is -2.35. The highest BCUT2D eigenvalue weighted by Crippen LogP contribution is 2.16. The lowest BCUT2D eigenvalue weighted by atomic mass is 10.2. The van der Waals surface area contributed by atoms with E-state index in [-0.39, 0.29) is 11.9 Å². The molecular formula is C19H22N4O2S. The molecule has 6 nitrogen and oxygen atoms in total. The van der Waals surface area contributed by atoms with Gasteiger partial charge in [0.25, 0.3) is 0 Å². The number of urea groups is 1. The molecule has 1 saturated heterocycles. The van der Waals surface area contributed by atoms with Crippen LogP contribution in [0.2, 0.25) is 0 Å². The molecular weight excluding hydrogens is 348 g/mol. The van der Waals surface area contributed by atoms with Gasteiger partial charge in [-0.15, -0.1) is 11.3 Å². The van der Waals surface area contributed by atoms with Crippen LogP contribution < -0.4 is 10.6 Å². The molecule has 26 heavy (non-hydrogen) atoms. The van der Waals surface area contributed by atoms with Gasteiger partial charge >= 0.3 is 6.03 Å². The van der Waals surface area contributed by atoms with Crippen molar-refractivity contribution in [1.82, 2.24) is 9.88 Å². The summed E-state index contributed by atoms with van der Waals surface area (Å²) in [5.41, 5.74) is 3.87. The van der Waals surface area contributed by atoms with E-state index in [1.807, 2.05) is 10.3 Å². The van der Waals surface area contributed by atoms with Gasteiger partial charge in [0, 0.05) is 35.9 Å². The number of aromatic nitrogens is 1. The molecule has 1 fully saturated rings. The van der Waals surface area contributed by atoms with Crippen molar-refractivity contribution >= 4 is 40.7 Å². The largest absolute Gasteiger partial charge is 0.325 e. The minimum absolute atomic E-state index is 0.0603. The summed E-state index contributed by atoms with van der Waals surface area (Å²) in [5.74, 6) is -0.223. The van der Waals surface area contributed by atoms with Crippen LogP contribution in [0.5, 0.6) is 0 Å². The molecule has 3 amide bonds. The van der Waals surface area contributed by atoms with Crippen molar-refractivity contribution < 1.29 is 9.59 Å². The summed E-state index contributed by atoms with van der Waals surface area (Å²) < 4.78 is 0. The molecule has 3 rings (SSSR count). The maximum Gasteiger partial charge on any atom is 0.321 e. The third kappa shape index (κ3) is 5.42. The average molecular weight is 370 g/mol. The van der Waals surface area contributed by atoms with Crippen LogP contribution in [0.15, 0.2) is 41.2 Å². The van der Waals surface area contributed by atoms with Gasteiger partial charge in [0.2, 0.25) is 5.91 Å². The van der Waals surface area contributed by atoms with Crippen molar-refractivity contribution in [3.8, 4) is 0 Å². The van der Waals surface area contributed by atoms with E-state index in [0.717, 1.165) is 37.3 Å². The van der Waals surface area contributed by atoms with Crippen LogP contribution >= 0.6 is 11.3 Å². The number of nitrogens with one attached hydrogen (secondary N) is 2. The lowest BCUT2D eigenvalue weighted by Gasteiger charge is -2.20. The second kappa shape index (κ2) is 9.15. The first kappa shape index (κ1) is 18.1. The Morgan fingerprint density at radius 3 is 2.27 bits per heavy atom. The fourth-order valence-corrected chi connectivity index (χ4v) is 3.28. The van der Waals surface area contributed by atoms with Crippen LogP contribution in [0.4, 0.5) is 16.2 Å². The Morgan fingerprint density at radius 1 is 1.00 bits per heavy atom. The van der Waals surface area contributed by atoms with Gasteiger partial charge in [0.15, 0.2) is 0 Å². The molecule has 0 aliphatic carbocycles. The molecule has 0 spiro atoms. The minimum atomic E-state index is -0.223. The van der Waals surface area contributed by atoms with Gasteiger partial charge in [-0.05, 0) is 43.2 Å². The van der Waals surface area contributed by atoms with E-state index in [9.17, 15) is 9.59 Å². The number of nitrogens with zero attached hydrogens (tertiary/aromatic N) is 2. The molecule has 0 unspecified atom stereocenters. The molecule has 1 aliphatic rings. The SMILES string of the molecule is O=C(/C=C/c1cscn1)Nc1ccc(NC(=O)N2CCCCCC2)cc1. The standard InChI is InChI=1S/C19H22N4O2S/c24-18(10-9-17-13-26-14-20-17)21-15-5-7-16(8-6-15)22-19(25)23-11-3-1-2-4-12-23/h5-10,13-14H,1-4,11-12H2,(H,21,24)(H,22,25)/b10-9+. The molecule has 7 heteroatoms. The Morgan fingerprint density at radius 2 is 1.65 bits per heavy atom. The number of carbonyl (C=O) groups excluding carboxylic acids is 2. The first-order chi connectivity index (χ1) is 12.7. The summed E-state index contributed by atoms with van der Waals surface area (Å²) in [7, 11) is 0. The van der Waals surface area contributed by atoms with Crippen LogP contribution in [0.25, 0.3) is 6.08 Å². The highest BCUT2D eigenvalue weighted by Gasteiger charge is 2.15. The Hall–Kier alpha value is -2.67.